The lowest BCUT2D eigenvalue weighted by Gasteiger charge is -2.22. The molecule has 4 heteroatoms. The second-order valence-electron chi connectivity index (χ2n) is 5.13. The summed E-state index contributed by atoms with van der Waals surface area (Å²) in [6.45, 7) is 0.828. The van der Waals surface area contributed by atoms with Gasteiger partial charge >= 0.3 is 0 Å². The summed E-state index contributed by atoms with van der Waals surface area (Å²) in [4.78, 5) is 0.393. The van der Waals surface area contributed by atoms with Gasteiger partial charge in [-0.05, 0) is 30.5 Å². The Morgan fingerprint density at radius 2 is 1.72 bits per heavy atom. The molecule has 0 bridgehead atoms. The van der Waals surface area contributed by atoms with Crippen LogP contribution in [-0.4, -0.2) is 20.7 Å². The molecule has 100 valence electrons. The minimum absolute atomic E-state index is 0.393. The number of rotatable bonds is 4. The van der Waals surface area contributed by atoms with Crippen molar-refractivity contribution in [1.29, 1.82) is 0 Å². The van der Waals surface area contributed by atoms with E-state index < -0.39 is 9.84 Å². The van der Waals surface area contributed by atoms with Crippen LogP contribution < -0.4 is 5.32 Å². The van der Waals surface area contributed by atoms with E-state index in [0.29, 0.717) is 10.9 Å². The van der Waals surface area contributed by atoms with Crippen molar-refractivity contribution >= 4 is 9.84 Å². The minimum Gasteiger partial charge on any atom is -0.310 e. The molecule has 0 atom stereocenters. The summed E-state index contributed by atoms with van der Waals surface area (Å²) in [6.07, 6.45) is 7.78. The van der Waals surface area contributed by atoms with Gasteiger partial charge < -0.3 is 5.32 Å². The Labute approximate surface area is 110 Å². The Morgan fingerprint density at radius 3 is 2.28 bits per heavy atom. The van der Waals surface area contributed by atoms with Crippen molar-refractivity contribution in [2.75, 3.05) is 6.26 Å². The summed E-state index contributed by atoms with van der Waals surface area (Å²) < 4.78 is 22.7. The second-order valence-corrected chi connectivity index (χ2v) is 7.15. The van der Waals surface area contributed by atoms with Gasteiger partial charge in [-0.1, -0.05) is 31.4 Å². The summed E-state index contributed by atoms with van der Waals surface area (Å²) in [7, 11) is -3.08. The highest BCUT2D eigenvalue weighted by molar-refractivity contribution is 7.90. The van der Waals surface area contributed by atoms with Crippen molar-refractivity contribution in [3.05, 3.63) is 29.8 Å². The SMILES string of the molecule is CS(=O)(=O)c1ccc(CNC2CCCCC2)cc1. The van der Waals surface area contributed by atoms with E-state index >= 15 is 0 Å². The molecule has 0 unspecified atom stereocenters. The van der Waals surface area contributed by atoms with E-state index in [-0.39, 0.29) is 0 Å². The minimum atomic E-state index is -3.08. The zero-order valence-corrected chi connectivity index (χ0v) is 11.7. The summed E-state index contributed by atoms with van der Waals surface area (Å²) in [5, 5.41) is 3.55. The lowest BCUT2D eigenvalue weighted by molar-refractivity contribution is 0.372. The van der Waals surface area contributed by atoms with Gasteiger partial charge in [0.15, 0.2) is 9.84 Å². The monoisotopic (exact) mass is 267 g/mol. The number of sulfone groups is 1. The molecule has 0 aliphatic heterocycles. The fourth-order valence-corrected chi connectivity index (χ4v) is 3.05. The van der Waals surface area contributed by atoms with Crippen molar-refractivity contribution in [3.63, 3.8) is 0 Å². The lowest BCUT2D eigenvalue weighted by Crippen LogP contribution is -2.30. The van der Waals surface area contributed by atoms with Gasteiger partial charge in [-0.2, -0.15) is 0 Å². The van der Waals surface area contributed by atoms with E-state index in [9.17, 15) is 8.42 Å². The fraction of sp³-hybridized carbons (Fsp3) is 0.571. The van der Waals surface area contributed by atoms with Gasteiger partial charge in [0.05, 0.1) is 4.90 Å². The Balaban J connectivity index is 1.90. The molecule has 0 heterocycles. The highest BCUT2D eigenvalue weighted by Crippen LogP contribution is 2.18. The van der Waals surface area contributed by atoms with E-state index in [1.807, 2.05) is 12.1 Å². The normalized spacial score (nSPS) is 17.8. The van der Waals surface area contributed by atoms with Crippen LogP contribution >= 0.6 is 0 Å². The van der Waals surface area contributed by atoms with Crippen LogP contribution in [0.5, 0.6) is 0 Å². The molecule has 1 aromatic carbocycles. The molecule has 1 aliphatic carbocycles. The van der Waals surface area contributed by atoms with Gasteiger partial charge in [0.1, 0.15) is 0 Å². The highest BCUT2D eigenvalue weighted by Gasteiger charge is 2.12. The van der Waals surface area contributed by atoms with E-state index in [0.717, 1.165) is 12.1 Å². The molecule has 0 spiro atoms. The molecule has 1 saturated carbocycles. The molecule has 18 heavy (non-hydrogen) atoms. The third kappa shape index (κ3) is 3.82. The standard InChI is InChI=1S/C14H21NO2S/c1-18(16,17)14-9-7-12(8-10-14)11-15-13-5-3-2-4-6-13/h7-10,13,15H,2-6,11H2,1H3. The first-order valence-electron chi connectivity index (χ1n) is 6.58. The van der Waals surface area contributed by atoms with Gasteiger partial charge in [-0.3, -0.25) is 0 Å². The van der Waals surface area contributed by atoms with Crippen molar-refractivity contribution < 1.29 is 8.42 Å². The van der Waals surface area contributed by atoms with Crippen LogP contribution in [0.1, 0.15) is 37.7 Å². The molecule has 0 saturated heterocycles. The van der Waals surface area contributed by atoms with Crippen molar-refractivity contribution in [1.82, 2.24) is 5.32 Å². The Bertz CT molecular complexity index is 473. The van der Waals surface area contributed by atoms with E-state index in [1.165, 1.54) is 38.4 Å². The quantitative estimate of drug-likeness (QED) is 0.911. The first-order chi connectivity index (χ1) is 8.55. The Hall–Kier alpha value is -0.870. The zero-order chi connectivity index (χ0) is 13.0. The predicted octanol–water partition coefficient (Wildman–Crippen LogP) is 2.51. The molecule has 0 radical (unpaired) electrons. The van der Waals surface area contributed by atoms with Crippen LogP contribution in [-0.2, 0) is 16.4 Å². The zero-order valence-electron chi connectivity index (χ0n) is 10.9. The first kappa shape index (κ1) is 13.6. The van der Waals surface area contributed by atoms with Crippen LogP contribution in [0.25, 0.3) is 0 Å². The van der Waals surface area contributed by atoms with Crippen molar-refractivity contribution in [2.24, 2.45) is 0 Å². The maximum absolute atomic E-state index is 11.3. The van der Waals surface area contributed by atoms with Crippen LogP contribution in [0.4, 0.5) is 0 Å². The van der Waals surface area contributed by atoms with Gasteiger partial charge in [-0.25, -0.2) is 8.42 Å². The largest absolute Gasteiger partial charge is 0.310 e. The maximum atomic E-state index is 11.3. The second kappa shape index (κ2) is 5.85. The Morgan fingerprint density at radius 1 is 1.11 bits per heavy atom. The molecular weight excluding hydrogens is 246 g/mol. The molecule has 1 fully saturated rings. The molecule has 1 aromatic rings. The van der Waals surface area contributed by atoms with Crippen molar-refractivity contribution in [3.8, 4) is 0 Å². The average molecular weight is 267 g/mol. The highest BCUT2D eigenvalue weighted by atomic mass is 32.2. The van der Waals surface area contributed by atoms with E-state index in [4.69, 9.17) is 0 Å². The summed E-state index contributed by atoms with van der Waals surface area (Å²) in [5.41, 5.74) is 1.15. The summed E-state index contributed by atoms with van der Waals surface area (Å²) in [6, 6.07) is 7.80. The number of benzene rings is 1. The topological polar surface area (TPSA) is 46.2 Å². The van der Waals surface area contributed by atoms with Gasteiger partial charge in [-0.15, -0.1) is 0 Å². The molecular formula is C14H21NO2S. The maximum Gasteiger partial charge on any atom is 0.175 e. The predicted molar refractivity (Wildman–Crippen MR) is 73.3 cm³/mol. The summed E-state index contributed by atoms with van der Waals surface area (Å²) in [5.74, 6) is 0. The number of hydrogen-bond donors (Lipinski definition) is 1. The van der Waals surface area contributed by atoms with Gasteiger partial charge in [0.2, 0.25) is 0 Å². The third-order valence-corrected chi connectivity index (χ3v) is 4.68. The molecule has 2 rings (SSSR count). The number of hydrogen-bond acceptors (Lipinski definition) is 3. The molecule has 1 N–H and O–H groups in total. The fourth-order valence-electron chi connectivity index (χ4n) is 2.42. The van der Waals surface area contributed by atoms with Gasteiger partial charge in [0, 0.05) is 18.8 Å². The molecule has 1 aliphatic rings. The van der Waals surface area contributed by atoms with Crippen LogP contribution in [0.15, 0.2) is 29.2 Å². The molecule has 0 aromatic heterocycles. The first-order valence-corrected chi connectivity index (χ1v) is 8.47. The van der Waals surface area contributed by atoms with Crippen LogP contribution in [0, 0.1) is 0 Å². The molecule has 3 nitrogen and oxygen atoms in total. The summed E-state index contributed by atoms with van der Waals surface area (Å²) >= 11 is 0. The average Bonchev–Trinajstić information content (AvgIpc) is 2.37. The third-order valence-electron chi connectivity index (χ3n) is 3.55. The smallest absolute Gasteiger partial charge is 0.175 e. The Kier molecular flexibility index (Phi) is 4.40. The molecule has 0 amide bonds. The van der Waals surface area contributed by atoms with Crippen LogP contribution in [0.3, 0.4) is 0 Å². The lowest BCUT2D eigenvalue weighted by atomic mass is 9.95. The number of nitrogens with one attached hydrogen (secondary N) is 1. The van der Waals surface area contributed by atoms with Crippen molar-refractivity contribution in [2.45, 2.75) is 49.6 Å². The van der Waals surface area contributed by atoms with E-state index in [1.54, 1.807) is 12.1 Å². The van der Waals surface area contributed by atoms with Gasteiger partial charge in [0.25, 0.3) is 0 Å². The van der Waals surface area contributed by atoms with Crippen LogP contribution in [0.2, 0.25) is 0 Å². The van der Waals surface area contributed by atoms with E-state index in [2.05, 4.69) is 5.32 Å².